The number of rotatable bonds is 9. The Morgan fingerprint density at radius 1 is 1.07 bits per heavy atom. The minimum absolute atomic E-state index is 0.0869. The summed E-state index contributed by atoms with van der Waals surface area (Å²) in [5, 5.41) is 28.5. The fraction of sp³-hybridized carbons (Fsp3) is 0.367. The average molecular weight is 570 g/mol. The molecule has 2 aromatic heterocycles. The van der Waals surface area contributed by atoms with Crippen molar-refractivity contribution in [2.45, 2.75) is 32.0 Å². The van der Waals surface area contributed by atoms with Gasteiger partial charge in [0.05, 0.1) is 30.3 Å². The number of aromatic nitrogens is 4. The van der Waals surface area contributed by atoms with Crippen LogP contribution in [0.2, 0.25) is 0 Å². The van der Waals surface area contributed by atoms with E-state index in [1.807, 2.05) is 56.3 Å². The Labute approximate surface area is 244 Å². The molecule has 12 nitrogen and oxygen atoms in total. The molecule has 4 N–H and O–H groups in total. The van der Waals surface area contributed by atoms with Crippen molar-refractivity contribution >= 4 is 23.4 Å². The highest BCUT2D eigenvalue weighted by Crippen LogP contribution is 2.34. The predicted octanol–water partition coefficient (Wildman–Crippen LogP) is 3.14. The summed E-state index contributed by atoms with van der Waals surface area (Å²) in [4.78, 5) is 26.2. The number of hydrogen-bond donors (Lipinski definition) is 4. The first kappa shape index (κ1) is 27.8. The Morgan fingerprint density at radius 3 is 2.62 bits per heavy atom. The lowest BCUT2D eigenvalue weighted by molar-refractivity contribution is 0.0940. The molecule has 42 heavy (non-hydrogen) atoms. The zero-order valence-electron chi connectivity index (χ0n) is 24.0. The average Bonchev–Trinajstić information content (AvgIpc) is 3.54. The fourth-order valence-corrected chi connectivity index (χ4v) is 5.30. The molecule has 4 aromatic rings. The number of hydrogen-bond acceptors (Lipinski definition) is 11. The van der Waals surface area contributed by atoms with E-state index in [0.29, 0.717) is 41.2 Å². The summed E-state index contributed by atoms with van der Waals surface area (Å²) >= 11 is 0. The third kappa shape index (κ3) is 5.82. The van der Waals surface area contributed by atoms with Crippen molar-refractivity contribution in [1.29, 1.82) is 0 Å². The van der Waals surface area contributed by atoms with Gasteiger partial charge in [-0.1, -0.05) is 30.3 Å². The number of aliphatic hydroxyl groups excluding tert-OH is 1. The largest absolute Gasteiger partial charge is 0.419 e. The van der Waals surface area contributed by atoms with Gasteiger partial charge in [0.2, 0.25) is 11.8 Å². The normalized spacial score (nSPS) is 17.5. The van der Waals surface area contributed by atoms with E-state index in [4.69, 9.17) is 9.40 Å². The van der Waals surface area contributed by atoms with Gasteiger partial charge in [0.25, 0.3) is 11.8 Å². The SMILES string of the molecule is CN1CCN(Cc2nnc(-c3cnc(Nc4ccc5c(c4)C(C)(C)NC5=O)nc3N[C@H](CO)c3ccccc3)o2)CC1. The topological polar surface area (TPSA) is 145 Å². The Balaban J connectivity index is 1.30. The lowest BCUT2D eigenvalue weighted by Crippen LogP contribution is -2.43. The molecular weight excluding hydrogens is 534 g/mol. The number of nitrogens with zero attached hydrogens (tertiary/aromatic N) is 6. The number of likely N-dealkylation sites (N-methyl/N-ethyl adjacent to an activating group) is 1. The maximum absolute atomic E-state index is 12.3. The monoisotopic (exact) mass is 569 g/mol. The number of amides is 1. The number of carbonyl (C=O) groups is 1. The molecule has 2 aromatic carbocycles. The van der Waals surface area contributed by atoms with Crippen LogP contribution in [0.5, 0.6) is 0 Å². The van der Waals surface area contributed by atoms with E-state index in [2.05, 4.69) is 48.0 Å². The summed E-state index contributed by atoms with van der Waals surface area (Å²) in [7, 11) is 2.12. The molecule has 1 saturated heterocycles. The van der Waals surface area contributed by atoms with Gasteiger partial charge in [-0.15, -0.1) is 10.2 Å². The lowest BCUT2D eigenvalue weighted by Gasteiger charge is -2.31. The highest BCUT2D eigenvalue weighted by molar-refractivity contribution is 6.00. The van der Waals surface area contributed by atoms with Gasteiger partial charge in [-0.25, -0.2) is 4.98 Å². The van der Waals surface area contributed by atoms with Gasteiger partial charge in [0.1, 0.15) is 5.82 Å². The number of nitrogens with one attached hydrogen (secondary N) is 3. The number of carbonyl (C=O) groups excluding carboxylic acids is 1. The third-order valence-electron chi connectivity index (χ3n) is 7.76. The van der Waals surface area contributed by atoms with Crippen LogP contribution in [0.25, 0.3) is 11.5 Å². The van der Waals surface area contributed by atoms with Gasteiger partial charge in [0.15, 0.2) is 0 Å². The summed E-state index contributed by atoms with van der Waals surface area (Å²) in [5.41, 5.74) is 3.24. The zero-order valence-corrected chi connectivity index (χ0v) is 24.0. The van der Waals surface area contributed by atoms with Crippen LogP contribution in [0.1, 0.15) is 47.3 Å². The molecule has 0 spiro atoms. The highest BCUT2D eigenvalue weighted by atomic mass is 16.4. The van der Waals surface area contributed by atoms with E-state index in [1.165, 1.54) is 0 Å². The minimum Gasteiger partial charge on any atom is -0.419 e. The number of fused-ring (bicyclic) bond motifs is 1. The first-order valence-electron chi connectivity index (χ1n) is 14.1. The summed E-state index contributed by atoms with van der Waals surface area (Å²) in [6.07, 6.45) is 1.63. The molecule has 218 valence electrons. The number of anilines is 3. The van der Waals surface area contributed by atoms with Crippen LogP contribution in [0.4, 0.5) is 17.5 Å². The first-order chi connectivity index (χ1) is 20.3. The molecular formula is C30H35N9O3. The molecule has 0 saturated carbocycles. The van der Waals surface area contributed by atoms with E-state index in [1.54, 1.807) is 12.3 Å². The van der Waals surface area contributed by atoms with Gasteiger partial charge < -0.3 is 30.4 Å². The second-order valence-electron chi connectivity index (χ2n) is 11.3. The van der Waals surface area contributed by atoms with Crippen molar-refractivity contribution in [3.05, 3.63) is 77.3 Å². The van der Waals surface area contributed by atoms with Crippen molar-refractivity contribution in [2.75, 3.05) is 50.5 Å². The Bertz CT molecular complexity index is 1570. The molecule has 4 heterocycles. The maximum Gasteiger partial charge on any atom is 0.253 e. The van der Waals surface area contributed by atoms with Crippen molar-refractivity contribution in [2.24, 2.45) is 0 Å². The van der Waals surface area contributed by atoms with Crippen molar-refractivity contribution in [1.82, 2.24) is 35.3 Å². The van der Waals surface area contributed by atoms with Gasteiger partial charge in [-0.05, 0) is 50.2 Å². The second kappa shape index (κ2) is 11.5. The number of benzene rings is 2. The molecule has 0 radical (unpaired) electrons. The van der Waals surface area contributed by atoms with Gasteiger partial charge in [-0.3, -0.25) is 9.69 Å². The smallest absolute Gasteiger partial charge is 0.253 e. The lowest BCUT2D eigenvalue weighted by atomic mass is 9.94. The molecule has 2 aliphatic rings. The minimum atomic E-state index is -0.481. The quantitative estimate of drug-likeness (QED) is 0.236. The Morgan fingerprint density at radius 2 is 1.86 bits per heavy atom. The molecule has 0 aliphatic carbocycles. The van der Waals surface area contributed by atoms with E-state index < -0.39 is 11.6 Å². The van der Waals surface area contributed by atoms with Crippen LogP contribution >= 0.6 is 0 Å². The van der Waals surface area contributed by atoms with Crippen LogP contribution in [0.3, 0.4) is 0 Å². The van der Waals surface area contributed by atoms with E-state index in [0.717, 1.165) is 43.0 Å². The van der Waals surface area contributed by atoms with Crippen molar-refractivity contribution in [3.63, 3.8) is 0 Å². The van der Waals surface area contributed by atoms with Crippen LogP contribution in [-0.4, -0.2) is 80.8 Å². The first-order valence-corrected chi connectivity index (χ1v) is 14.1. The van der Waals surface area contributed by atoms with Crippen molar-refractivity contribution in [3.8, 4) is 11.5 Å². The molecule has 6 rings (SSSR count). The molecule has 0 bridgehead atoms. The van der Waals surface area contributed by atoms with Gasteiger partial charge in [0, 0.05) is 43.6 Å². The van der Waals surface area contributed by atoms with Crippen LogP contribution in [0, 0.1) is 0 Å². The van der Waals surface area contributed by atoms with Crippen LogP contribution in [0.15, 0.2) is 59.1 Å². The Kier molecular flexibility index (Phi) is 7.58. The molecule has 1 fully saturated rings. The molecule has 1 atom stereocenters. The van der Waals surface area contributed by atoms with E-state index in [9.17, 15) is 9.90 Å². The second-order valence-corrected chi connectivity index (χ2v) is 11.3. The number of aliphatic hydroxyl groups is 1. The summed E-state index contributed by atoms with van der Waals surface area (Å²) in [6.45, 7) is 8.20. The third-order valence-corrected chi connectivity index (χ3v) is 7.76. The van der Waals surface area contributed by atoms with Gasteiger partial charge >= 0.3 is 0 Å². The molecule has 2 aliphatic heterocycles. The predicted molar refractivity (Wildman–Crippen MR) is 158 cm³/mol. The van der Waals surface area contributed by atoms with Crippen LogP contribution in [-0.2, 0) is 12.1 Å². The fourth-order valence-electron chi connectivity index (χ4n) is 5.30. The standard InChI is InChI=1S/C30H35N9O3/c1-30(2)23-15-20(9-10-21(23)27(41)35-30)32-29-31-16-22(26(34-29)33-24(18-40)19-7-5-4-6-8-19)28-37-36-25(42-28)17-39-13-11-38(3)12-14-39/h4-10,15-16,24,40H,11-14,17-18H2,1-3H3,(H,35,41)(H2,31,32,33,34)/t24-/m1/s1. The van der Waals surface area contributed by atoms with Gasteiger partial charge in [-0.2, -0.15) is 4.98 Å². The summed E-state index contributed by atoms with van der Waals surface area (Å²) < 4.78 is 6.08. The Hall–Kier alpha value is -4.39. The van der Waals surface area contributed by atoms with Crippen LogP contribution < -0.4 is 16.0 Å². The maximum atomic E-state index is 12.3. The number of piperazine rings is 1. The van der Waals surface area contributed by atoms with Crippen molar-refractivity contribution < 1.29 is 14.3 Å². The summed E-state index contributed by atoms with van der Waals surface area (Å²) in [5.74, 6) is 1.49. The summed E-state index contributed by atoms with van der Waals surface area (Å²) in [6, 6.07) is 14.8. The molecule has 12 heteroatoms. The van der Waals surface area contributed by atoms with E-state index in [-0.39, 0.29) is 12.5 Å². The molecule has 1 amide bonds. The zero-order chi connectivity index (χ0) is 29.3. The highest BCUT2D eigenvalue weighted by Gasteiger charge is 2.35. The molecule has 0 unspecified atom stereocenters. The van der Waals surface area contributed by atoms with E-state index >= 15 is 0 Å².